The summed E-state index contributed by atoms with van der Waals surface area (Å²) in [5.74, 6) is 0.275. The Hall–Kier alpha value is -2.64. The van der Waals surface area contributed by atoms with Gasteiger partial charge in [-0.15, -0.1) is 0 Å². The third-order valence-corrected chi connectivity index (χ3v) is 6.44. The van der Waals surface area contributed by atoms with Crippen LogP contribution in [0.5, 0.6) is 0 Å². The lowest BCUT2D eigenvalue weighted by atomic mass is 9.95. The lowest BCUT2D eigenvalue weighted by molar-refractivity contribution is -0.120. The Morgan fingerprint density at radius 2 is 1.83 bits per heavy atom. The second kappa shape index (κ2) is 8.39. The molecule has 0 aliphatic heterocycles. The van der Waals surface area contributed by atoms with Crippen LogP contribution in [0.15, 0.2) is 52.0 Å². The van der Waals surface area contributed by atoms with Crippen molar-refractivity contribution in [3.05, 3.63) is 64.9 Å². The quantitative estimate of drug-likeness (QED) is 0.618. The molecule has 0 bridgehead atoms. The number of amides is 1. The first-order valence-electron chi connectivity index (χ1n) is 9.51. The number of hydrogen-bond acceptors (Lipinski definition) is 4. The molecule has 29 heavy (non-hydrogen) atoms. The molecule has 2 aromatic carbocycles. The first kappa shape index (κ1) is 21.1. The van der Waals surface area contributed by atoms with E-state index < -0.39 is 10.0 Å². The number of benzene rings is 2. The summed E-state index contributed by atoms with van der Waals surface area (Å²) in [4.78, 5) is 12.6. The predicted molar refractivity (Wildman–Crippen MR) is 113 cm³/mol. The van der Waals surface area contributed by atoms with E-state index in [2.05, 4.69) is 36.9 Å². The zero-order valence-corrected chi connectivity index (χ0v) is 17.9. The molecule has 0 saturated carbocycles. The molecule has 154 valence electrons. The summed E-state index contributed by atoms with van der Waals surface area (Å²) in [7, 11) is -2.09. The monoisotopic (exact) mass is 414 g/mol. The fourth-order valence-corrected chi connectivity index (χ4v) is 4.07. The summed E-state index contributed by atoms with van der Waals surface area (Å²) in [5.41, 5.74) is 4.90. The topological polar surface area (TPSA) is 88.4 Å². The highest BCUT2D eigenvalue weighted by molar-refractivity contribution is 7.89. The molecule has 7 heteroatoms. The number of sulfonamides is 1. The van der Waals surface area contributed by atoms with E-state index in [4.69, 9.17) is 4.42 Å². The molecule has 0 fully saturated rings. The highest BCUT2D eigenvalue weighted by Gasteiger charge is 2.14. The first-order valence-corrected chi connectivity index (χ1v) is 11.0. The molecule has 1 amide bonds. The number of hydrogen-bond donors (Lipinski definition) is 2. The number of carbonyl (C=O) groups is 1. The summed E-state index contributed by atoms with van der Waals surface area (Å²) >= 11 is 0. The van der Waals surface area contributed by atoms with Crippen molar-refractivity contribution in [1.82, 2.24) is 10.0 Å². The molecule has 0 saturated heterocycles. The Morgan fingerprint density at radius 3 is 2.45 bits per heavy atom. The fraction of sp³-hybridized carbons (Fsp3) is 0.318. The molecule has 3 rings (SSSR count). The van der Waals surface area contributed by atoms with Crippen molar-refractivity contribution in [2.24, 2.45) is 0 Å². The van der Waals surface area contributed by atoms with Gasteiger partial charge in [-0.1, -0.05) is 26.0 Å². The molecule has 0 spiro atoms. The van der Waals surface area contributed by atoms with Crippen LogP contribution in [-0.4, -0.2) is 21.4 Å². The standard InChI is InChI=1S/C22H26N2O4S/c1-14(2)19-11-20-17(13-28-21(20)9-15(19)3)10-22(25)24-12-16-5-7-18(8-6-16)29(26,27)23-4/h5-9,11,13-14,23H,10,12H2,1-4H3,(H,24,25). The lowest BCUT2D eigenvalue weighted by Gasteiger charge is -2.10. The van der Waals surface area contributed by atoms with Crippen LogP contribution in [0.25, 0.3) is 11.0 Å². The first-order chi connectivity index (χ1) is 13.7. The number of fused-ring (bicyclic) bond motifs is 1. The average molecular weight is 415 g/mol. The maximum Gasteiger partial charge on any atom is 0.240 e. The molecule has 1 heterocycles. The van der Waals surface area contributed by atoms with Gasteiger partial charge in [-0.05, 0) is 60.8 Å². The second-order valence-electron chi connectivity index (χ2n) is 7.43. The van der Waals surface area contributed by atoms with Gasteiger partial charge in [-0.3, -0.25) is 4.79 Å². The molecule has 1 aromatic heterocycles. The molecule has 3 aromatic rings. The van der Waals surface area contributed by atoms with Crippen LogP contribution in [0.3, 0.4) is 0 Å². The van der Waals surface area contributed by atoms with Crippen molar-refractivity contribution in [2.45, 2.75) is 44.6 Å². The molecule has 0 aliphatic rings. The zero-order chi connectivity index (χ0) is 21.2. The van der Waals surface area contributed by atoms with Crippen LogP contribution < -0.4 is 10.0 Å². The minimum Gasteiger partial charge on any atom is -0.464 e. The predicted octanol–water partition coefficient (Wildman–Crippen LogP) is 3.63. The average Bonchev–Trinajstić information content (AvgIpc) is 3.07. The molecule has 0 radical (unpaired) electrons. The normalized spacial score (nSPS) is 11.9. The molecule has 2 N–H and O–H groups in total. The van der Waals surface area contributed by atoms with Crippen LogP contribution in [0, 0.1) is 6.92 Å². The van der Waals surface area contributed by atoms with Gasteiger partial charge in [0.15, 0.2) is 0 Å². The highest BCUT2D eigenvalue weighted by atomic mass is 32.2. The molecule has 6 nitrogen and oxygen atoms in total. The van der Waals surface area contributed by atoms with E-state index in [9.17, 15) is 13.2 Å². The molecule has 0 atom stereocenters. The van der Waals surface area contributed by atoms with Crippen molar-refractivity contribution in [2.75, 3.05) is 7.05 Å². The van der Waals surface area contributed by atoms with Crippen LogP contribution in [0.2, 0.25) is 0 Å². The van der Waals surface area contributed by atoms with Crippen LogP contribution in [0.1, 0.15) is 42.0 Å². The Labute approximate surface area is 171 Å². The van der Waals surface area contributed by atoms with Crippen molar-refractivity contribution < 1.29 is 17.6 Å². The fourth-order valence-electron chi connectivity index (χ4n) is 3.34. The van der Waals surface area contributed by atoms with Gasteiger partial charge < -0.3 is 9.73 Å². The summed E-state index contributed by atoms with van der Waals surface area (Å²) in [5, 5.41) is 3.85. The van der Waals surface area contributed by atoms with Gasteiger partial charge in [0.05, 0.1) is 17.6 Å². The minimum atomic E-state index is -3.46. The smallest absolute Gasteiger partial charge is 0.240 e. The van der Waals surface area contributed by atoms with E-state index in [0.29, 0.717) is 12.5 Å². The van der Waals surface area contributed by atoms with Crippen LogP contribution in [-0.2, 0) is 27.8 Å². The summed E-state index contributed by atoms with van der Waals surface area (Å²) in [6, 6.07) is 10.6. The van der Waals surface area contributed by atoms with Crippen LogP contribution >= 0.6 is 0 Å². The van der Waals surface area contributed by atoms with Gasteiger partial charge in [0, 0.05) is 17.5 Å². The number of aryl methyl sites for hydroxylation is 1. The zero-order valence-electron chi connectivity index (χ0n) is 17.1. The maximum atomic E-state index is 12.4. The third kappa shape index (κ3) is 4.68. The van der Waals surface area contributed by atoms with Crippen LogP contribution in [0.4, 0.5) is 0 Å². The van der Waals surface area contributed by atoms with E-state index in [1.165, 1.54) is 30.3 Å². The maximum absolute atomic E-state index is 12.4. The Bertz CT molecular complexity index is 1130. The molecule has 0 aliphatic carbocycles. The summed E-state index contributed by atoms with van der Waals surface area (Å²) < 4.78 is 31.4. The van der Waals surface area contributed by atoms with E-state index in [0.717, 1.165) is 22.1 Å². The molecular weight excluding hydrogens is 388 g/mol. The Balaban J connectivity index is 1.68. The number of nitrogens with one attached hydrogen (secondary N) is 2. The Morgan fingerprint density at radius 1 is 1.14 bits per heavy atom. The SMILES string of the molecule is CNS(=O)(=O)c1ccc(CNC(=O)Cc2coc3cc(C)c(C(C)C)cc23)cc1. The van der Waals surface area contributed by atoms with E-state index in [-0.39, 0.29) is 17.2 Å². The lowest BCUT2D eigenvalue weighted by Crippen LogP contribution is -2.24. The van der Waals surface area contributed by atoms with E-state index in [1.807, 2.05) is 6.07 Å². The highest BCUT2D eigenvalue weighted by Crippen LogP contribution is 2.29. The largest absolute Gasteiger partial charge is 0.464 e. The Kier molecular flexibility index (Phi) is 6.10. The van der Waals surface area contributed by atoms with Gasteiger partial charge in [0.2, 0.25) is 15.9 Å². The van der Waals surface area contributed by atoms with Crippen molar-refractivity contribution in [3.63, 3.8) is 0 Å². The van der Waals surface area contributed by atoms with Gasteiger partial charge >= 0.3 is 0 Å². The molecular formula is C22H26N2O4S. The number of carbonyl (C=O) groups excluding carboxylic acids is 1. The second-order valence-corrected chi connectivity index (χ2v) is 9.31. The number of furan rings is 1. The van der Waals surface area contributed by atoms with Gasteiger partial charge in [-0.25, -0.2) is 13.1 Å². The van der Waals surface area contributed by atoms with Crippen molar-refractivity contribution in [1.29, 1.82) is 0 Å². The van der Waals surface area contributed by atoms with Crippen molar-refractivity contribution >= 4 is 26.9 Å². The summed E-state index contributed by atoms with van der Waals surface area (Å²) in [6.07, 6.45) is 1.87. The third-order valence-electron chi connectivity index (χ3n) is 5.01. The minimum absolute atomic E-state index is 0.119. The van der Waals surface area contributed by atoms with Gasteiger partial charge in [-0.2, -0.15) is 0 Å². The summed E-state index contributed by atoms with van der Waals surface area (Å²) in [6.45, 7) is 6.68. The molecule has 0 unspecified atom stereocenters. The van der Waals surface area contributed by atoms with Crippen molar-refractivity contribution in [3.8, 4) is 0 Å². The van der Waals surface area contributed by atoms with Gasteiger partial charge in [0.1, 0.15) is 5.58 Å². The van der Waals surface area contributed by atoms with E-state index in [1.54, 1.807) is 18.4 Å². The number of rotatable bonds is 7. The van der Waals surface area contributed by atoms with E-state index >= 15 is 0 Å². The van der Waals surface area contributed by atoms with Gasteiger partial charge in [0.25, 0.3) is 0 Å².